The van der Waals surface area contributed by atoms with Gasteiger partial charge in [-0.05, 0) is 49.3 Å². The van der Waals surface area contributed by atoms with Crippen LogP contribution in [0.3, 0.4) is 0 Å². The number of benzene rings is 1. The SMILES string of the molecule is COc1ccc(OC2CCC(C)C(C)C2)c(C(=O)O)c1. The van der Waals surface area contributed by atoms with Gasteiger partial charge in [0.1, 0.15) is 17.1 Å². The number of aromatic carboxylic acids is 1. The molecule has 3 unspecified atom stereocenters. The van der Waals surface area contributed by atoms with Gasteiger partial charge in [0.25, 0.3) is 0 Å². The van der Waals surface area contributed by atoms with E-state index in [9.17, 15) is 9.90 Å². The summed E-state index contributed by atoms with van der Waals surface area (Å²) < 4.78 is 11.0. The molecule has 0 aromatic heterocycles. The van der Waals surface area contributed by atoms with Crippen molar-refractivity contribution in [1.82, 2.24) is 0 Å². The molecule has 1 aliphatic rings. The first-order valence-electron chi connectivity index (χ1n) is 7.09. The van der Waals surface area contributed by atoms with Crippen LogP contribution < -0.4 is 9.47 Å². The third-order valence-corrected chi connectivity index (χ3v) is 4.26. The lowest BCUT2D eigenvalue weighted by molar-refractivity contribution is 0.0675. The summed E-state index contributed by atoms with van der Waals surface area (Å²) in [4.78, 5) is 11.3. The zero-order valence-corrected chi connectivity index (χ0v) is 12.3. The second-order valence-corrected chi connectivity index (χ2v) is 5.67. The molecule has 1 aromatic rings. The molecule has 0 aliphatic heterocycles. The molecule has 0 heterocycles. The molecule has 110 valence electrons. The van der Waals surface area contributed by atoms with Crippen molar-refractivity contribution in [3.63, 3.8) is 0 Å². The highest BCUT2D eigenvalue weighted by molar-refractivity contribution is 5.91. The van der Waals surface area contributed by atoms with Gasteiger partial charge in [-0.1, -0.05) is 13.8 Å². The van der Waals surface area contributed by atoms with Gasteiger partial charge in [-0.2, -0.15) is 0 Å². The fourth-order valence-corrected chi connectivity index (χ4v) is 2.69. The fourth-order valence-electron chi connectivity index (χ4n) is 2.69. The van der Waals surface area contributed by atoms with Gasteiger partial charge in [-0.25, -0.2) is 4.79 Å². The Morgan fingerprint density at radius 2 is 2.00 bits per heavy atom. The molecule has 0 bridgehead atoms. The summed E-state index contributed by atoms with van der Waals surface area (Å²) in [5.41, 5.74) is 0.163. The largest absolute Gasteiger partial charge is 0.497 e. The normalized spacial score (nSPS) is 26.1. The standard InChI is InChI=1S/C16H22O4/c1-10-4-5-13(8-11(10)2)20-15-7-6-12(19-3)9-14(15)16(17)18/h6-7,9-11,13H,4-5,8H2,1-3H3,(H,17,18). The molecule has 0 amide bonds. The van der Waals surface area contributed by atoms with Crippen molar-refractivity contribution in [3.05, 3.63) is 23.8 Å². The van der Waals surface area contributed by atoms with Gasteiger partial charge in [0.15, 0.2) is 0 Å². The van der Waals surface area contributed by atoms with E-state index < -0.39 is 5.97 Å². The molecule has 1 N–H and O–H groups in total. The number of carbonyl (C=O) groups is 1. The first-order chi connectivity index (χ1) is 9.51. The number of hydrogen-bond donors (Lipinski definition) is 1. The van der Waals surface area contributed by atoms with Gasteiger partial charge < -0.3 is 14.6 Å². The lowest BCUT2D eigenvalue weighted by atomic mass is 9.80. The van der Waals surface area contributed by atoms with Crippen LogP contribution in [0.2, 0.25) is 0 Å². The van der Waals surface area contributed by atoms with Crippen molar-refractivity contribution >= 4 is 5.97 Å². The third kappa shape index (κ3) is 3.24. The van der Waals surface area contributed by atoms with Crippen LogP contribution >= 0.6 is 0 Å². The first-order valence-corrected chi connectivity index (χ1v) is 7.09. The molecule has 2 rings (SSSR count). The van der Waals surface area contributed by atoms with E-state index in [0.717, 1.165) is 19.3 Å². The van der Waals surface area contributed by atoms with Crippen LogP contribution in [-0.4, -0.2) is 24.3 Å². The van der Waals surface area contributed by atoms with Crippen molar-refractivity contribution in [3.8, 4) is 11.5 Å². The molecular weight excluding hydrogens is 256 g/mol. The number of rotatable bonds is 4. The van der Waals surface area contributed by atoms with Crippen molar-refractivity contribution < 1.29 is 19.4 Å². The smallest absolute Gasteiger partial charge is 0.339 e. The van der Waals surface area contributed by atoms with E-state index in [1.54, 1.807) is 12.1 Å². The fraction of sp³-hybridized carbons (Fsp3) is 0.562. The Hall–Kier alpha value is -1.71. The lowest BCUT2D eigenvalue weighted by Crippen LogP contribution is -2.29. The average molecular weight is 278 g/mol. The van der Waals surface area contributed by atoms with Crippen LogP contribution in [0.1, 0.15) is 43.5 Å². The number of methoxy groups -OCH3 is 1. The zero-order chi connectivity index (χ0) is 14.7. The quantitative estimate of drug-likeness (QED) is 0.914. The molecule has 1 fully saturated rings. The summed E-state index contributed by atoms with van der Waals surface area (Å²) in [5, 5.41) is 9.27. The highest BCUT2D eigenvalue weighted by atomic mass is 16.5. The van der Waals surface area contributed by atoms with Crippen LogP contribution in [-0.2, 0) is 0 Å². The van der Waals surface area contributed by atoms with E-state index >= 15 is 0 Å². The van der Waals surface area contributed by atoms with Gasteiger partial charge >= 0.3 is 5.97 Å². The molecule has 4 heteroatoms. The van der Waals surface area contributed by atoms with Crippen LogP contribution in [0.5, 0.6) is 11.5 Å². The topological polar surface area (TPSA) is 55.8 Å². The average Bonchev–Trinajstić information content (AvgIpc) is 2.43. The van der Waals surface area contributed by atoms with Gasteiger partial charge in [-0.3, -0.25) is 0 Å². The monoisotopic (exact) mass is 278 g/mol. The molecule has 20 heavy (non-hydrogen) atoms. The van der Waals surface area contributed by atoms with Gasteiger partial charge in [0.05, 0.1) is 13.2 Å². The highest BCUT2D eigenvalue weighted by Gasteiger charge is 2.27. The van der Waals surface area contributed by atoms with E-state index in [4.69, 9.17) is 9.47 Å². The third-order valence-electron chi connectivity index (χ3n) is 4.26. The van der Waals surface area contributed by atoms with Gasteiger partial charge in [0.2, 0.25) is 0 Å². The maximum Gasteiger partial charge on any atom is 0.339 e. The van der Waals surface area contributed by atoms with E-state index in [-0.39, 0.29) is 11.7 Å². The van der Waals surface area contributed by atoms with Crippen molar-refractivity contribution in [2.75, 3.05) is 7.11 Å². The van der Waals surface area contributed by atoms with Crippen LogP contribution in [0.4, 0.5) is 0 Å². The first kappa shape index (κ1) is 14.7. The number of hydrogen-bond acceptors (Lipinski definition) is 3. The van der Waals surface area contributed by atoms with Gasteiger partial charge in [0, 0.05) is 0 Å². The lowest BCUT2D eigenvalue weighted by Gasteiger charge is -2.32. The molecular formula is C16H22O4. The minimum Gasteiger partial charge on any atom is -0.497 e. The van der Waals surface area contributed by atoms with E-state index in [1.807, 2.05) is 0 Å². The van der Waals surface area contributed by atoms with Crippen molar-refractivity contribution in [1.29, 1.82) is 0 Å². The van der Waals surface area contributed by atoms with E-state index in [0.29, 0.717) is 23.3 Å². The van der Waals surface area contributed by atoms with Crippen molar-refractivity contribution in [2.24, 2.45) is 11.8 Å². The number of carboxylic acids is 1. The Balaban J connectivity index is 2.14. The molecule has 0 radical (unpaired) electrons. The molecule has 4 nitrogen and oxygen atoms in total. The molecule has 0 spiro atoms. The summed E-state index contributed by atoms with van der Waals surface area (Å²) in [5.74, 6) is 1.30. The summed E-state index contributed by atoms with van der Waals surface area (Å²) in [7, 11) is 1.52. The predicted octanol–water partition coefficient (Wildman–Crippen LogP) is 3.60. The van der Waals surface area contributed by atoms with Crippen molar-refractivity contribution in [2.45, 2.75) is 39.2 Å². The predicted molar refractivity (Wildman–Crippen MR) is 76.5 cm³/mol. The second kappa shape index (κ2) is 6.16. The summed E-state index contributed by atoms with van der Waals surface area (Å²) in [6, 6.07) is 4.92. The summed E-state index contributed by atoms with van der Waals surface area (Å²) in [6.45, 7) is 4.49. The number of ether oxygens (including phenoxy) is 2. The highest BCUT2D eigenvalue weighted by Crippen LogP contribution is 2.33. The summed E-state index contributed by atoms with van der Waals surface area (Å²) >= 11 is 0. The van der Waals surface area contributed by atoms with E-state index in [2.05, 4.69) is 13.8 Å². The van der Waals surface area contributed by atoms with Gasteiger partial charge in [-0.15, -0.1) is 0 Å². The molecule has 3 atom stereocenters. The number of carboxylic acid groups (broad SMARTS) is 1. The maximum atomic E-state index is 11.3. The summed E-state index contributed by atoms with van der Waals surface area (Å²) in [6.07, 6.45) is 3.19. The zero-order valence-electron chi connectivity index (χ0n) is 12.3. The Morgan fingerprint density at radius 1 is 1.25 bits per heavy atom. The molecule has 1 aliphatic carbocycles. The minimum absolute atomic E-state index is 0.104. The minimum atomic E-state index is -0.990. The van der Waals surface area contributed by atoms with Crippen LogP contribution in [0.25, 0.3) is 0 Å². The Morgan fingerprint density at radius 3 is 2.60 bits per heavy atom. The molecule has 0 saturated heterocycles. The molecule has 1 saturated carbocycles. The Labute approximate surface area is 119 Å². The Kier molecular flexibility index (Phi) is 4.53. The van der Waals surface area contributed by atoms with E-state index in [1.165, 1.54) is 13.2 Å². The molecule has 1 aromatic carbocycles. The van der Waals surface area contributed by atoms with Crippen LogP contribution in [0, 0.1) is 11.8 Å². The Bertz CT molecular complexity index is 483. The second-order valence-electron chi connectivity index (χ2n) is 5.67. The van der Waals surface area contributed by atoms with Crippen LogP contribution in [0.15, 0.2) is 18.2 Å². The maximum absolute atomic E-state index is 11.3.